The van der Waals surface area contributed by atoms with Gasteiger partial charge in [-0.1, -0.05) is 0 Å². The Bertz CT molecular complexity index is 434. The molecule has 0 aliphatic rings. The third-order valence-electron chi connectivity index (χ3n) is 1.74. The zero-order chi connectivity index (χ0) is 8.72. The number of halogens is 2. The van der Waals surface area contributed by atoms with Crippen molar-refractivity contribution in [1.29, 1.82) is 0 Å². The summed E-state index contributed by atoms with van der Waals surface area (Å²) in [4.78, 5) is 3.85. The first kappa shape index (κ1) is 7.21. The van der Waals surface area contributed by atoms with Crippen molar-refractivity contribution in [2.24, 2.45) is 0 Å². The van der Waals surface area contributed by atoms with Gasteiger partial charge in [0.05, 0.1) is 6.20 Å². The number of hydrogen-bond acceptors (Lipinski definition) is 1. The number of nitrogens with zero attached hydrogens (tertiary/aromatic N) is 2. The lowest BCUT2D eigenvalue weighted by Crippen LogP contribution is -1.92. The van der Waals surface area contributed by atoms with Crippen molar-refractivity contribution >= 4 is 5.52 Å². The highest BCUT2D eigenvalue weighted by Gasteiger charge is 2.05. The summed E-state index contributed by atoms with van der Waals surface area (Å²) in [6.07, 6.45) is 2.59. The number of pyridine rings is 1. The van der Waals surface area contributed by atoms with Gasteiger partial charge in [-0.2, -0.15) is 0 Å². The first-order chi connectivity index (χ1) is 5.68. The molecule has 0 saturated heterocycles. The molecular weight excluding hydrogens is 162 g/mol. The molecule has 0 aromatic carbocycles. The van der Waals surface area contributed by atoms with E-state index in [1.165, 1.54) is 16.8 Å². The average Bonchev–Trinajstić information content (AvgIpc) is 2.33. The van der Waals surface area contributed by atoms with Gasteiger partial charge in [-0.15, -0.1) is 0 Å². The van der Waals surface area contributed by atoms with E-state index in [4.69, 9.17) is 0 Å². The van der Waals surface area contributed by atoms with Gasteiger partial charge in [0.15, 0.2) is 5.82 Å². The van der Waals surface area contributed by atoms with Crippen LogP contribution in [-0.4, -0.2) is 9.38 Å². The Kier molecular flexibility index (Phi) is 1.36. The van der Waals surface area contributed by atoms with E-state index in [2.05, 4.69) is 4.98 Å². The van der Waals surface area contributed by atoms with E-state index in [1.54, 1.807) is 6.92 Å². The molecule has 0 saturated carbocycles. The second-order valence-electron chi connectivity index (χ2n) is 2.57. The second-order valence-corrected chi connectivity index (χ2v) is 2.57. The van der Waals surface area contributed by atoms with Gasteiger partial charge in [0.2, 0.25) is 0 Å². The number of imidazole rings is 1. The predicted octanol–water partition coefficient (Wildman–Crippen LogP) is 1.92. The molecule has 2 aromatic rings. The lowest BCUT2D eigenvalue weighted by atomic mass is 10.4. The van der Waals surface area contributed by atoms with Crippen LogP contribution < -0.4 is 0 Å². The topological polar surface area (TPSA) is 17.3 Å². The molecule has 0 unspecified atom stereocenters. The molecule has 0 amide bonds. The third kappa shape index (κ3) is 0.879. The van der Waals surface area contributed by atoms with Crippen molar-refractivity contribution < 1.29 is 8.78 Å². The van der Waals surface area contributed by atoms with Crippen molar-refractivity contribution in [3.63, 3.8) is 0 Å². The molecule has 4 heteroatoms. The fraction of sp³-hybridized carbons (Fsp3) is 0.125. The first-order valence-electron chi connectivity index (χ1n) is 3.47. The van der Waals surface area contributed by atoms with E-state index >= 15 is 0 Å². The maximum absolute atomic E-state index is 13.0. The zero-order valence-electron chi connectivity index (χ0n) is 6.38. The Morgan fingerprint density at radius 3 is 2.92 bits per heavy atom. The van der Waals surface area contributed by atoms with Crippen LogP contribution in [0, 0.1) is 18.6 Å². The van der Waals surface area contributed by atoms with Gasteiger partial charge >= 0.3 is 0 Å². The molecule has 0 aliphatic carbocycles. The van der Waals surface area contributed by atoms with Crippen molar-refractivity contribution in [3.05, 3.63) is 35.9 Å². The smallest absolute Gasteiger partial charge is 0.151 e. The van der Waals surface area contributed by atoms with E-state index in [9.17, 15) is 8.78 Å². The highest BCUT2D eigenvalue weighted by Crippen LogP contribution is 2.12. The van der Waals surface area contributed by atoms with Crippen LogP contribution in [0.2, 0.25) is 0 Å². The second kappa shape index (κ2) is 2.27. The Morgan fingerprint density at radius 2 is 2.17 bits per heavy atom. The van der Waals surface area contributed by atoms with Gasteiger partial charge in [-0.05, 0) is 6.92 Å². The summed E-state index contributed by atoms with van der Waals surface area (Å²) in [5.74, 6) is -0.611. The molecule has 0 N–H and O–H groups in total. The van der Waals surface area contributed by atoms with Crippen molar-refractivity contribution in [2.75, 3.05) is 0 Å². The summed E-state index contributed by atoms with van der Waals surface area (Å²) in [6.45, 7) is 1.69. The van der Waals surface area contributed by atoms with E-state index in [0.717, 1.165) is 6.07 Å². The number of aromatic nitrogens is 2. The summed E-state index contributed by atoms with van der Waals surface area (Å²) >= 11 is 0. The summed E-state index contributed by atoms with van der Waals surface area (Å²) < 4.78 is 27.0. The molecule has 0 atom stereocenters. The van der Waals surface area contributed by atoms with Crippen LogP contribution in [0.15, 0.2) is 18.5 Å². The van der Waals surface area contributed by atoms with Gasteiger partial charge < -0.3 is 0 Å². The zero-order valence-corrected chi connectivity index (χ0v) is 6.38. The molecule has 0 bridgehead atoms. The summed E-state index contributed by atoms with van der Waals surface area (Å²) in [7, 11) is 0. The van der Waals surface area contributed by atoms with Gasteiger partial charge in [0.1, 0.15) is 17.2 Å². The normalized spacial score (nSPS) is 10.9. The quantitative estimate of drug-likeness (QED) is 0.587. The standard InChI is InChI=1S/C8H6F2N2/c1-5-11-3-8-7(10)2-6(9)4-12(5)8/h2-4H,1H3. The summed E-state index contributed by atoms with van der Waals surface area (Å²) in [5, 5.41) is 0. The van der Waals surface area contributed by atoms with Crippen molar-refractivity contribution in [3.8, 4) is 0 Å². The van der Waals surface area contributed by atoms with E-state index in [-0.39, 0.29) is 0 Å². The number of aryl methyl sites for hydroxylation is 1. The van der Waals surface area contributed by atoms with Crippen LogP contribution in [-0.2, 0) is 0 Å². The van der Waals surface area contributed by atoms with Crippen LogP contribution in [0.3, 0.4) is 0 Å². The highest BCUT2D eigenvalue weighted by atomic mass is 19.1. The van der Waals surface area contributed by atoms with E-state index < -0.39 is 11.6 Å². The minimum atomic E-state index is -0.596. The summed E-state index contributed by atoms with van der Waals surface area (Å²) in [6, 6.07) is 0.844. The van der Waals surface area contributed by atoms with E-state index in [1.807, 2.05) is 0 Å². The van der Waals surface area contributed by atoms with Crippen molar-refractivity contribution in [2.45, 2.75) is 6.92 Å². The Balaban J connectivity index is 2.92. The van der Waals surface area contributed by atoms with Gasteiger partial charge in [0, 0.05) is 12.3 Å². The molecule has 2 heterocycles. The van der Waals surface area contributed by atoms with Gasteiger partial charge in [-0.3, -0.25) is 4.40 Å². The van der Waals surface area contributed by atoms with Crippen LogP contribution in [0.25, 0.3) is 5.52 Å². The number of rotatable bonds is 0. The van der Waals surface area contributed by atoms with Crippen LogP contribution in [0.4, 0.5) is 8.78 Å². The van der Waals surface area contributed by atoms with Crippen LogP contribution >= 0.6 is 0 Å². The Hall–Kier alpha value is -1.45. The van der Waals surface area contributed by atoms with Gasteiger partial charge in [-0.25, -0.2) is 13.8 Å². The lowest BCUT2D eigenvalue weighted by molar-refractivity contribution is 0.577. The lowest BCUT2D eigenvalue weighted by Gasteiger charge is -1.97. The van der Waals surface area contributed by atoms with Gasteiger partial charge in [0.25, 0.3) is 0 Å². The third-order valence-corrected chi connectivity index (χ3v) is 1.74. The fourth-order valence-corrected chi connectivity index (χ4v) is 1.15. The maximum atomic E-state index is 13.0. The minimum absolute atomic E-state index is 0.300. The predicted molar refractivity (Wildman–Crippen MR) is 39.8 cm³/mol. The SMILES string of the molecule is Cc1ncc2c(F)cc(F)cn12. The molecule has 2 rings (SSSR count). The number of fused-ring (bicyclic) bond motifs is 1. The highest BCUT2D eigenvalue weighted by molar-refractivity contribution is 5.47. The monoisotopic (exact) mass is 168 g/mol. The molecule has 62 valence electrons. The van der Waals surface area contributed by atoms with Crippen LogP contribution in [0.5, 0.6) is 0 Å². The molecule has 0 spiro atoms. The number of hydrogen-bond donors (Lipinski definition) is 0. The molecular formula is C8H6F2N2. The van der Waals surface area contributed by atoms with E-state index in [0.29, 0.717) is 11.3 Å². The molecule has 0 fully saturated rings. The fourth-order valence-electron chi connectivity index (χ4n) is 1.15. The molecule has 2 nitrogen and oxygen atoms in total. The van der Waals surface area contributed by atoms with Crippen LogP contribution in [0.1, 0.15) is 5.82 Å². The molecule has 12 heavy (non-hydrogen) atoms. The summed E-state index contributed by atoms with van der Waals surface area (Å²) in [5.41, 5.74) is 0.300. The van der Waals surface area contributed by atoms with Crippen molar-refractivity contribution in [1.82, 2.24) is 9.38 Å². The largest absolute Gasteiger partial charge is 0.298 e. The molecule has 0 aliphatic heterocycles. The Morgan fingerprint density at radius 1 is 1.42 bits per heavy atom. The maximum Gasteiger partial charge on any atom is 0.151 e. The molecule has 0 radical (unpaired) electrons. The Labute approximate surface area is 67.5 Å². The first-order valence-corrected chi connectivity index (χ1v) is 3.47. The minimum Gasteiger partial charge on any atom is -0.298 e. The molecule has 2 aromatic heterocycles. The average molecular weight is 168 g/mol.